The van der Waals surface area contributed by atoms with Gasteiger partial charge in [-0.25, -0.2) is 0 Å². The fraction of sp³-hybridized carbons (Fsp3) is 0. The molecule has 1 amide bonds. The SMILES string of the molecule is NC(=S)NNC(=S)NC(=O)c1ccc(-c2ccccc2)cc1. The summed E-state index contributed by atoms with van der Waals surface area (Å²) >= 11 is 9.54. The lowest BCUT2D eigenvalue weighted by Crippen LogP contribution is -2.50. The fourth-order valence-electron chi connectivity index (χ4n) is 1.77. The zero-order chi connectivity index (χ0) is 15.9. The predicted molar refractivity (Wildman–Crippen MR) is 95.0 cm³/mol. The van der Waals surface area contributed by atoms with E-state index < -0.39 is 0 Å². The minimum atomic E-state index is -0.318. The van der Waals surface area contributed by atoms with Crippen LogP contribution in [0, 0.1) is 0 Å². The third-order valence-corrected chi connectivity index (χ3v) is 3.09. The van der Waals surface area contributed by atoms with Gasteiger partial charge < -0.3 is 5.73 Å². The maximum absolute atomic E-state index is 12.0. The highest BCUT2D eigenvalue weighted by Gasteiger charge is 2.08. The molecule has 0 aromatic heterocycles. The van der Waals surface area contributed by atoms with Crippen LogP contribution in [-0.2, 0) is 0 Å². The van der Waals surface area contributed by atoms with Crippen LogP contribution >= 0.6 is 24.4 Å². The minimum Gasteiger partial charge on any atom is -0.375 e. The van der Waals surface area contributed by atoms with Crippen LogP contribution in [0.25, 0.3) is 11.1 Å². The molecule has 0 bridgehead atoms. The second-order valence-corrected chi connectivity index (χ2v) is 5.19. The van der Waals surface area contributed by atoms with Crippen molar-refractivity contribution in [1.29, 1.82) is 0 Å². The minimum absolute atomic E-state index is 0.0313. The first-order chi connectivity index (χ1) is 10.6. The maximum atomic E-state index is 12.0. The Morgan fingerprint density at radius 3 is 2.05 bits per heavy atom. The van der Waals surface area contributed by atoms with Crippen molar-refractivity contribution in [3.05, 3.63) is 60.2 Å². The molecule has 2 rings (SSSR count). The van der Waals surface area contributed by atoms with Crippen LogP contribution in [0.5, 0.6) is 0 Å². The fourth-order valence-corrected chi connectivity index (χ4v) is 1.96. The number of hydrogen-bond acceptors (Lipinski definition) is 3. The van der Waals surface area contributed by atoms with Crippen LogP contribution in [-0.4, -0.2) is 16.1 Å². The lowest BCUT2D eigenvalue weighted by molar-refractivity contribution is 0.0976. The largest absolute Gasteiger partial charge is 0.375 e. The summed E-state index contributed by atoms with van der Waals surface area (Å²) in [5.74, 6) is -0.318. The van der Waals surface area contributed by atoms with Gasteiger partial charge in [-0.05, 0) is 47.7 Å². The molecule has 0 aliphatic carbocycles. The summed E-state index contributed by atoms with van der Waals surface area (Å²) in [5.41, 5.74) is 12.8. The molecule has 5 N–H and O–H groups in total. The standard InChI is InChI=1S/C15H14N4OS2/c16-14(21)18-19-15(22)17-13(20)12-8-6-11(7-9-12)10-4-2-1-3-5-10/h1-9H,(H3,16,18,21)(H2,17,19,20,22). The van der Waals surface area contributed by atoms with E-state index in [9.17, 15) is 4.79 Å². The van der Waals surface area contributed by atoms with E-state index in [1.807, 2.05) is 42.5 Å². The highest BCUT2D eigenvalue weighted by Crippen LogP contribution is 2.19. The Labute approximate surface area is 138 Å². The lowest BCUT2D eigenvalue weighted by atomic mass is 10.0. The summed E-state index contributed by atoms with van der Waals surface area (Å²) < 4.78 is 0. The Morgan fingerprint density at radius 1 is 0.864 bits per heavy atom. The lowest BCUT2D eigenvalue weighted by Gasteiger charge is -2.10. The third kappa shape index (κ3) is 4.51. The first kappa shape index (κ1) is 15.9. The van der Waals surface area contributed by atoms with E-state index in [1.165, 1.54) is 0 Å². The molecule has 2 aromatic rings. The van der Waals surface area contributed by atoms with E-state index in [-0.39, 0.29) is 16.1 Å². The number of carbonyl (C=O) groups excluding carboxylic acids is 1. The van der Waals surface area contributed by atoms with Crippen molar-refractivity contribution in [3.8, 4) is 11.1 Å². The Morgan fingerprint density at radius 2 is 1.45 bits per heavy atom. The smallest absolute Gasteiger partial charge is 0.257 e. The highest BCUT2D eigenvalue weighted by atomic mass is 32.1. The molecular formula is C15H14N4OS2. The van der Waals surface area contributed by atoms with Gasteiger partial charge >= 0.3 is 0 Å². The summed E-state index contributed by atoms with van der Waals surface area (Å²) in [4.78, 5) is 12.0. The monoisotopic (exact) mass is 330 g/mol. The average Bonchev–Trinajstić information content (AvgIpc) is 2.54. The second kappa shape index (κ2) is 7.48. The molecule has 7 heteroatoms. The van der Waals surface area contributed by atoms with Crippen molar-refractivity contribution < 1.29 is 4.79 Å². The zero-order valence-electron chi connectivity index (χ0n) is 11.5. The topological polar surface area (TPSA) is 79.2 Å². The third-order valence-electron chi connectivity index (χ3n) is 2.78. The molecule has 112 valence electrons. The van der Waals surface area contributed by atoms with Crippen molar-refractivity contribution in [2.45, 2.75) is 0 Å². The molecule has 22 heavy (non-hydrogen) atoms. The van der Waals surface area contributed by atoms with Gasteiger partial charge in [0.15, 0.2) is 10.2 Å². The normalized spacial score (nSPS) is 9.64. The van der Waals surface area contributed by atoms with Gasteiger partial charge in [-0.15, -0.1) is 0 Å². The summed E-state index contributed by atoms with van der Waals surface area (Å²) in [5, 5.41) is 2.63. The van der Waals surface area contributed by atoms with Gasteiger partial charge in [0.2, 0.25) is 0 Å². The van der Waals surface area contributed by atoms with Gasteiger partial charge in [-0.2, -0.15) is 0 Å². The Kier molecular flexibility index (Phi) is 5.40. The number of amides is 1. The maximum Gasteiger partial charge on any atom is 0.257 e. The van der Waals surface area contributed by atoms with E-state index in [1.54, 1.807) is 12.1 Å². The van der Waals surface area contributed by atoms with Crippen molar-refractivity contribution >= 4 is 40.6 Å². The van der Waals surface area contributed by atoms with Gasteiger partial charge in [0, 0.05) is 5.56 Å². The van der Waals surface area contributed by atoms with Crippen molar-refractivity contribution in [2.75, 3.05) is 0 Å². The van der Waals surface area contributed by atoms with Crippen LogP contribution in [0.1, 0.15) is 10.4 Å². The summed E-state index contributed by atoms with van der Waals surface area (Å²) in [6.07, 6.45) is 0. The Bertz CT molecular complexity index is 686. The molecule has 5 nitrogen and oxygen atoms in total. The molecule has 0 aliphatic heterocycles. The van der Waals surface area contributed by atoms with Gasteiger partial charge in [0.1, 0.15) is 0 Å². The van der Waals surface area contributed by atoms with Crippen LogP contribution in [0.3, 0.4) is 0 Å². The quantitative estimate of drug-likeness (QED) is 0.496. The summed E-state index contributed by atoms with van der Waals surface area (Å²) in [7, 11) is 0. The molecule has 0 saturated heterocycles. The van der Waals surface area contributed by atoms with Gasteiger partial charge in [0.05, 0.1) is 0 Å². The van der Waals surface area contributed by atoms with Gasteiger partial charge in [0.25, 0.3) is 5.91 Å². The summed E-state index contributed by atoms with van der Waals surface area (Å²) in [6.45, 7) is 0. The van der Waals surface area contributed by atoms with Gasteiger partial charge in [-0.1, -0.05) is 42.5 Å². The first-order valence-electron chi connectivity index (χ1n) is 6.38. The van der Waals surface area contributed by atoms with Crippen LogP contribution in [0.4, 0.5) is 0 Å². The van der Waals surface area contributed by atoms with Crippen LogP contribution in [0.15, 0.2) is 54.6 Å². The molecule has 0 radical (unpaired) electrons. The molecule has 0 saturated carbocycles. The molecule has 2 aromatic carbocycles. The Balaban J connectivity index is 1.99. The number of hydrazine groups is 1. The number of nitrogens with one attached hydrogen (secondary N) is 3. The van der Waals surface area contributed by atoms with E-state index in [0.717, 1.165) is 11.1 Å². The van der Waals surface area contributed by atoms with Crippen LogP contribution < -0.4 is 21.9 Å². The number of nitrogens with two attached hydrogens (primary N) is 1. The van der Waals surface area contributed by atoms with Gasteiger partial charge in [-0.3, -0.25) is 21.0 Å². The number of thiocarbonyl (C=S) groups is 2. The molecule has 0 spiro atoms. The van der Waals surface area contributed by atoms with Crippen molar-refractivity contribution in [1.82, 2.24) is 16.2 Å². The molecule has 0 fully saturated rings. The van der Waals surface area contributed by atoms with E-state index in [0.29, 0.717) is 5.56 Å². The van der Waals surface area contributed by atoms with E-state index >= 15 is 0 Å². The number of hydrogen-bond donors (Lipinski definition) is 4. The Hall–Kier alpha value is -2.51. The first-order valence-corrected chi connectivity index (χ1v) is 7.20. The molecule has 0 atom stereocenters. The summed E-state index contributed by atoms with van der Waals surface area (Å²) in [6, 6.07) is 17.2. The molecule has 0 heterocycles. The number of rotatable bonds is 2. The van der Waals surface area contributed by atoms with Crippen molar-refractivity contribution in [2.24, 2.45) is 5.73 Å². The van der Waals surface area contributed by atoms with E-state index in [4.69, 9.17) is 18.0 Å². The number of benzene rings is 2. The highest BCUT2D eigenvalue weighted by molar-refractivity contribution is 7.80. The molecule has 0 unspecified atom stereocenters. The van der Waals surface area contributed by atoms with E-state index in [2.05, 4.69) is 28.4 Å². The zero-order valence-corrected chi connectivity index (χ0v) is 13.1. The van der Waals surface area contributed by atoms with Crippen LogP contribution in [0.2, 0.25) is 0 Å². The predicted octanol–water partition coefficient (Wildman–Crippen LogP) is 1.71. The molecular weight excluding hydrogens is 316 g/mol. The number of carbonyl (C=O) groups is 1. The van der Waals surface area contributed by atoms with Crippen molar-refractivity contribution in [3.63, 3.8) is 0 Å². The molecule has 0 aliphatic rings. The second-order valence-electron chi connectivity index (χ2n) is 4.34. The average molecular weight is 330 g/mol.